The number of rotatable bonds is 2. The van der Waals surface area contributed by atoms with Crippen molar-refractivity contribution >= 4 is 5.91 Å². The van der Waals surface area contributed by atoms with Crippen LogP contribution >= 0.6 is 0 Å². The molecule has 1 aromatic rings. The first-order chi connectivity index (χ1) is 8.11. The van der Waals surface area contributed by atoms with E-state index < -0.39 is 0 Å². The number of benzene rings is 1. The lowest BCUT2D eigenvalue weighted by atomic mass is 10.1. The number of aliphatic hydroxyl groups excluding tert-OH is 1. The Bertz CT molecular complexity index is 433. The fraction of sp³-hybridized carbons (Fsp3) is 0.462. The summed E-state index contributed by atoms with van der Waals surface area (Å²) in [6, 6.07) is 4.20. The van der Waals surface area contributed by atoms with E-state index in [9.17, 15) is 9.18 Å². The normalized spacial score (nSPS) is 19.7. The van der Waals surface area contributed by atoms with Gasteiger partial charge in [0.1, 0.15) is 5.82 Å². The number of aliphatic hydroxyl groups is 1. The highest BCUT2D eigenvalue weighted by atomic mass is 19.1. The second-order valence-electron chi connectivity index (χ2n) is 4.55. The van der Waals surface area contributed by atoms with E-state index in [2.05, 4.69) is 0 Å². The zero-order chi connectivity index (χ0) is 12.4. The molecule has 1 unspecified atom stereocenters. The minimum absolute atomic E-state index is 0.0709. The molecule has 4 heteroatoms. The van der Waals surface area contributed by atoms with Crippen LogP contribution in [-0.2, 0) is 0 Å². The van der Waals surface area contributed by atoms with Crippen molar-refractivity contribution in [3.63, 3.8) is 0 Å². The summed E-state index contributed by atoms with van der Waals surface area (Å²) in [6.45, 7) is 3.11. The first kappa shape index (κ1) is 12.0. The van der Waals surface area contributed by atoms with E-state index in [1.54, 1.807) is 11.8 Å². The van der Waals surface area contributed by atoms with E-state index in [0.29, 0.717) is 24.2 Å². The number of hydrogen-bond acceptors (Lipinski definition) is 2. The second-order valence-corrected chi connectivity index (χ2v) is 4.55. The number of carbonyl (C=O) groups excluding carboxylic acids is 1. The lowest BCUT2D eigenvalue weighted by molar-refractivity contribution is 0.0781. The van der Waals surface area contributed by atoms with Gasteiger partial charge in [-0.25, -0.2) is 4.39 Å². The third kappa shape index (κ3) is 2.47. The van der Waals surface area contributed by atoms with Crippen molar-refractivity contribution in [3.05, 3.63) is 35.1 Å². The van der Waals surface area contributed by atoms with Crippen LogP contribution in [0.2, 0.25) is 0 Å². The number of hydrogen-bond donors (Lipinski definition) is 1. The molecule has 1 N–H and O–H groups in total. The van der Waals surface area contributed by atoms with Crippen molar-refractivity contribution in [1.82, 2.24) is 4.90 Å². The minimum atomic E-state index is -0.325. The molecule has 0 aromatic heterocycles. The van der Waals surface area contributed by atoms with Crippen molar-refractivity contribution in [2.75, 3.05) is 19.7 Å². The molecular formula is C13H16FNO2. The van der Waals surface area contributed by atoms with Crippen LogP contribution in [0.25, 0.3) is 0 Å². The standard InChI is InChI=1S/C13H16FNO2/c1-9-6-11(14)2-3-12(9)13(17)15-5-4-10(7-15)8-16/h2-3,6,10,16H,4-5,7-8H2,1H3. The molecule has 1 heterocycles. The van der Waals surface area contributed by atoms with Gasteiger partial charge in [-0.05, 0) is 37.1 Å². The Balaban J connectivity index is 2.15. The van der Waals surface area contributed by atoms with Gasteiger partial charge >= 0.3 is 0 Å². The highest BCUT2D eigenvalue weighted by molar-refractivity contribution is 5.95. The zero-order valence-corrected chi connectivity index (χ0v) is 9.82. The number of nitrogens with zero attached hydrogens (tertiary/aromatic N) is 1. The maximum Gasteiger partial charge on any atom is 0.254 e. The Kier molecular flexibility index (Phi) is 3.43. The van der Waals surface area contributed by atoms with Gasteiger partial charge in [0.2, 0.25) is 0 Å². The highest BCUT2D eigenvalue weighted by Crippen LogP contribution is 2.20. The molecule has 2 rings (SSSR count). The van der Waals surface area contributed by atoms with Crippen molar-refractivity contribution in [2.24, 2.45) is 5.92 Å². The van der Waals surface area contributed by atoms with Crippen molar-refractivity contribution in [3.8, 4) is 0 Å². The SMILES string of the molecule is Cc1cc(F)ccc1C(=O)N1CCC(CO)C1. The predicted octanol–water partition coefficient (Wildman–Crippen LogP) is 1.59. The molecule has 1 aromatic carbocycles. The first-order valence-electron chi connectivity index (χ1n) is 5.78. The molecule has 1 amide bonds. The summed E-state index contributed by atoms with van der Waals surface area (Å²) in [6.07, 6.45) is 0.836. The van der Waals surface area contributed by atoms with E-state index in [1.165, 1.54) is 18.2 Å². The zero-order valence-electron chi connectivity index (χ0n) is 9.82. The first-order valence-corrected chi connectivity index (χ1v) is 5.78. The van der Waals surface area contributed by atoms with Crippen LogP contribution < -0.4 is 0 Å². The molecule has 0 bridgehead atoms. The van der Waals surface area contributed by atoms with E-state index in [-0.39, 0.29) is 24.2 Å². The average Bonchev–Trinajstić information content (AvgIpc) is 2.76. The van der Waals surface area contributed by atoms with E-state index >= 15 is 0 Å². The molecule has 0 saturated carbocycles. The fourth-order valence-electron chi connectivity index (χ4n) is 2.20. The van der Waals surface area contributed by atoms with Crippen LogP contribution in [-0.4, -0.2) is 35.6 Å². The summed E-state index contributed by atoms with van der Waals surface area (Å²) in [5.41, 5.74) is 1.20. The summed E-state index contributed by atoms with van der Waals surface area (Å²) in [7, 11) is 0. The number of carbonyl (C=O) groups is 1. The fourth-order valence-corrected chi connectivity index (χ4v) is 2.20. The summed E-state index contributed by atoms with van der Waals surface area (Å²) in [4.78, 5) is 13.9. The van der Waals surface area contributed by atoms with Gasteiger partial charge in [0.05, 0.1) is 0 Å². The Morgan fingerprint density at radius 3 is 2.94 bits per heavy atom. The second kappa shape index (κ2) is 4.84. The molecule has 0 radical (unpaired) electrons. The van der Waals surface area contributed by atoms with E-state index in [0.717, 1.165) is 6.42 Å². The van der Waals surface area contributed by atoms with Gasteiger partial charge in [-0.2, -0.15) is 0 Å². The van der Waals surface area contributed by atoms with E-state index in [4.69, 9.17) is 5.11 Å². The highest BCUT2D eigenvalue weighted by Gasteiger charge is 2.27. The largest absolute Gasteiger partial charge is 0.396 e. The number of amides is 1. The van der Waals surface area contributed by atoms with Gasteiger partial charge in [0, 0.05) is 31.2 Å². The van der Waals surface area contributed by atoms with Crippen LogP contribution in [0.4, 0.5) is 4.39 Å². The van der Waals surface area contributed by atoms with Crippen molar-refractivity contribution in [2.45, 2.75) is 13.3 Å². The van der Waals surface area contributed by atoms with Crippen molar-refractivity contribution in [1.29, 1.82) is 0 Å². The molecule has 0 spiro atoms. The van der Waals surface area contributed by atoms with E-state index in [1.807, 2.05) is 0 Å². The molecule has 3 nitrogen and oxygen atoms in total. The Hall–Kier alpha value is -1.42. The average molecular weight is 237 g/mol. The number of aryl methyl sites for hydroxylation is 1. The van der Waals surface area contributed by atoms with Gasteiger partial charge in [-0.3, -0.25) is 4.79 Å². The summed E-state index contributed by atoms with van der Waals surface area (Å²) < 4.78 is 12.9. The smallest absolute Gasteiger partial charge is 0.254 e. The molecular weight excluding hydrogens is 221 g/mol. The summed E-state index contributed by atoms with van der Waals surface area (Å²) >= 11 is 0. The lowest BCUT2D eigenvalue weighted by Crippen LogP contribution is -2.29. The topological polar surface area (TPSA) is 40.5 Å². The molecule has 92 valence electrons. The molecule has 0 aliphatic carbocycles. The van der Waals surface area contributed by atoms with Gasteiger partial charge < -0.3 is 10.0 Å². The third-order valence-electron chi connectivity index (χ3n) is 3.25. The minimum Gasteiger partial charge on any atom is -0.396 e. The van der Waals surface area contributed by atoms with Crippen LogP contribution in [0.1, 0.15) is 22.3 Å². The maximum absolute atomic E-state index is 12.9. The quantitative estimate of drug-likeness (QED) is 0.848. The van der Waals surface area contributed by atoms with Crippen LogP contribution in [0.5, 0.6) is 0 Å². The third-order valence-corrected chi connectivity index (χ3v) is 3.25. The Morgan fingerprint density at radius 1 is 1.59 bits per heavy atom. The molecule has 1 aliphatic rings. The Morgan fingerprint density at radius 2 is 2.35 bits per heavy atom. The van der Waals surface area contributed by atoms with Gasteiger partial charge in [-0.15, -0.1) is 0 Å². The van der Waals surface area contributed by atoms with Crippen LogP contribution in [0, 0.1) is 18.7 Å². The van der Waals surface area contributed by atoms with Gasteiger partial charge in [0.25, 0.3) is 5.91 Å². The monoisotopic (exact) mass is 237 g/mol. The Labute approximate surface area is 99.9 Å². The maximum atomic E-state index is 12.9. The summed E-state index contributed by atoms with van der Waals surface area (Å²) in [5, 5.41) is 9.04. The summed E-state index contributed by atoms with van der Waals surface area (Å²) in [5.74, 6) is -0.216. The molecule has 1 aliphatic heterocycles. The number of likely N-dealkylation sites (tertiary alicyclic amines) is 1. The lowest BCUT2D eigenvalue weighted by Gasteiger charge is -2.17. The predicted molar refractivity (Wildman–Crippen MR) is 62.2 cm³/mol. The number of halogens is 1. The van der Waals surface area contributed by atoms with Gasteiger partial charge in [-0.1, -0.05) is 0 Å². The molecule has 1 atom stereocenters. The molecule has 1 saturated heterocycles. The van der Waals surface area contributed by atoms with Crippen LogP contribution in [0.15, 0.2) is 18.2 Å². The van der Waals surface area contributed by atoms with Gasteiger partial charge in [0.15, 0.2) is 0 Å². The molecule has 17 heavy (non-hydrogen) atoms. The van der Waals surface area contributed by atoms with Crippen molar-refractivity contribution < 1.29 is 14.3 Å². The molecule has 1 fully saturated rings. The van der Waals surface area contributed by atoms with Crippen LogP contribution in [0.3, 0.4) is 0 Å².